The van der Waals surface area contributed by atoms with Crippen LogP contribution in [0.5, 0.6) is 0 Å². The van der Waals surface area contributed by atoms with Gasteiger partial charge in [0.15, 0.2) is 6.29 Å². The Labute approximate surface area is 71.5 Å². The minimum absolute atomic E-state index is 0.0987. The van der Waals surface area contributed by atoms with Gasteiger partial charge in [0, 0.05) is 26.6 Å². The first-order valence-electron chi connectivity index (χ1n) is 3.97. The van der Waals surface area contributed by atoms with Gasteiger partial charge in [0.1, 0.15) is 11.9 Å². The van der Waals surface area contributed by atoms with Crippen LogP contribution in [0.2, 0.25) is 0 Å². The van der Waals surface area contributed by atoms with Crippen LogP contribution in [-0.4, -0.2) is 37.5 Å². The van der Waals surface area contributed by atoms with Crippen molar-refractivity contribution < 1.29 is 19.4 Å². The Morgan fingerprint density at radius 1 is 1.50 bits per heavy atom. The number of rotatable bonds is 4. The summed E-state index contributed by atoms with van der Waals surface area (Å²) in [4.78, 5) is 10.9. The zero-order valence-electron chi connectivity index (χ0n) is 7.32. The number of carbonyl (C=O) groups is 1. The van der Waals surface area contributed by atoms with Crippen molar-refractivity contribution in [1.29, 1.82) is 0 Å². The normalized spacial score (nSPS) is 25.7. The highest BCUT2D eigenvalue weighted by atomic mass is 16.7. The van der Waals surface area contributed by atoms with Crippen LogP contribution in [0.4, 0.5) is 0 Å². The molecule has 0 unspecified atom stereocenters. The van der Waals surface area contributed by atoms with Crippen molar-refractivity contribution in [3.05, 3.63) is 0 Å². The van der Waals surface area contributed by atoms with Gasteiger partial charge in [-0.25, -0.2) is 0 Å². The van der Waals surface area contributed by atoms with Crippen LogP contribution in [0, 0.1) is 5.92 Å². The highest BCUT2D eigenvalue weighted by Gasteiger charge is 2.38. The van der Waals surface area contributed by atoms with Gasteiger partial charge in [-0.3, -0.25) is 4.79 Å². The lowest BCUT2D eigenvalue weighted by molar-refractivity contribution is -0.188. The lowest BCUT2D eigenvalue weighted by Gasteiger charge is -2.32. The molecule has 0 bridgehead atoms. The average molecular weight is 174 g/mol. The molecule has 0 aliphatic heterocycles. The van der Waals surface area contributed by atoms with E-state index in [4.69, 9.17) is 9.47 Å². The van der Waals surface area contributed by atoms with Gasteiger partial charge >= 0.3 is 0 Å². The minimum Gasteiger partial charge on any atom is -0.387 e. The van der Waals surface area contributed by atoms with Crippen molar-refractivity contribution in [1.82, 2.24) is 0 Å². The summed E-state index contributed by atoms with van der Waals surface area (Å²) in [6.07, 6.45) is -0.189. The smallest absolute Gasteiger partial charge is 0.183 e. The van der Waals surface area contributed by atoms with E-state index < -0.39 is 12.4 Å². The number of ether oxygens (including phenoxy) is 2. The molecule has 0 saturated heterocycles. The van der Waals surface area contributed by atoms with Crippen LogP contribution < -0.4 is 0 Å². The van der Waals surface area contributed by atoms with E-state index in [0.717, 1.165) is 6.42 Å². The van der Waals surface area contributed by atoms with Gasteiger partial charge in [0.25, 0.3) is 0 Å². The number of hydrogen-bond donors (Lipinski definition) is 1. The van der Waals surface area contributed by atoms with Crippen molar-refractivity contribution in [2.45, 2.75) is 25.2 Å². The maximum Gasteiger partial charge on any atom is 0.183 e. The predicted octanol–water partition coefficient (Wildman–Crippen LogP) is -0.0547. The third-order valence-electron chi connectivity index (χ3n) is 2.27. The molecule has 0 aromatic carbocycles. The second-order valence-electron chi connectivity index (χ2n) is 2.94. The zero-order chi connectivity index (χ0) is 9.14. The van der Waals surface area contributed by atoms with Gasteiger partial charge < -0.3 is 14.6 Å². The maximum absolute atomic E-state index is 10.9. The van der Waals surface area contributed by atoms with Crippen molar-refractivity contribution in [2.24, 2.45) is 5.92 Å². The van der Waals surface area contributed by atoms with Crippen molar-refractivity contribution in [2.75, 3.05) is 14.2 Å². The topological polar surface area (TPSA) is 55.8 Å². The summed E-state index contributed by atoms with van der Waals surface area (Å²) in [5.41, 5.74) is 0. The van der Waals surface area contributed by atoms with Crippen LogP contribution in [-0.2, 0) is 14.3 Å². The maximum atomic E-state index is 10.9. The monoisotopic (exact) mass is 174 g/mol. The molecule has 1 N–H and O–H groups in total. The Bertz CT molecular complexity index is 164. The SMILES string of the molecule is COC(OC)[C@H](O)[C@@H]1CCC1=O. The van der Waals surface area contributed by atoms with Crippen LogP contribution in [0.1, 0.15) is 12.8 Å². The van der Waals surface area contributed by atoms with E-state index >= 15 is 0 Å². The number of aliphatic hydroxyl groups is 1. The van der Waals surface area contributed by atoms with E-state index in [1.54, 1.807) is 0 Å². The summed E-state index contributed by atoms with van der Waals surface area (Å²) in [5, 5.41) is 9.53. The number of Topliss-reactive ketones (excluding diaryl/α,β-unsaturated/α-hetero) is 1. The molecule has 4 nitrogen and oxygen atoms in total. The number of aliphatic hydroxyl groups excluding tert-OH is 1. The Kier molecular flexibility index (Phi) is 3.20. The summed E-state index contributed by atoms with van der Waals surface area (Å²) >= 11 is 0. The van der Waals surface area contributed by atoms with Crippen molar-refractivity contribution in [3.63, 3.8) is 0 Å². The lowest BCUT2D eigenvalue weighted by Crippen LogP contribution is -2.44. The molecular weight excluding hydrogens is 160 g/mol. The van der Waals surface area contributed by atoms with Gasteiger partial charge in [-0.15, -0.1) is 0 Å². The second-order valence-corrected chi connectivity index (χ2v) is 2.94. The fourth-order valence-corrected chi connectivity index (χ4v) is 1.35. The molecule has 1 saturated carbocycles. The third kappa shape index (κ3) is 1.65. The van der Waals surface area contributed by atoms with E-state index in [2.05, 4.69) is 0 Å². The van der Waals surface area contributed by atoms with E-state index in [9.17, 15) is 9.90 Å². The molecule has 12 heavy (non-hydrogen) atoms. The predicted molar refractivity (Wildman–Crippen MR) is 41.5 cm³/mol. The zero-order valence-corrected chi connectivity index (χ0v) is 7.32. The van der Waals surface area contributed by atoms with Gasteiger partial charge in [0.2, 0.25) is 0 Å². The van der Waals surface area contributed by atoms with E-state index in [0.29, 0.717) is 6.42 Å². The Balaban J connectivity index is 2.44. The Morgan fingerprint density at radius 3 is 2.33 bits per heavy atom. The molecule has 0 radical (unpaired) electrons. The minimum atomic E-state index is -0.818. The molecule has 0 spiro atoms. The summed E-state index contributed by atoms with van der Waals surface area (Å²) < 4.78 is 9.68. The molecule has 0 aromatic rings. The number of hydrogen-bond acceptors (Lipinski definition) is 4. The second kappa shape index (κ2) is 3.98. The van der Waals surface area contributed by atoms with Crippen LogP contribution >= 0.6 is 0 Å². The molecule has 1 aliphatic carbocycles. The largest absolute Gasteiger partial charge is 0.387 e. The van der Waals surface area contributed by atoms with Crippen LogP contribution in [0.3, 0.4) is 0 Å². The van der Waals surface area contributed by atoms with E-state index in [1.807, 2.05) is 0 Å². The first-order chi connectivity index (χ1) is 5.70. The molecule has 0 heterocycles. The molecule has 2 atom stereocenters. The molecule has 1 aliphatic rings. The van der Waals surface area contributed by atoms with Gasteiger partial charge in [-0.1, -0.05) is 0 Å². The molecule has 1 fully saturated rings. The number of carbonyl (C=O) groups excluding carboxylic acids is 1. The molecule has 4 heteroatoms. The van der Waals surface area contributed by atoms with Crippen LogP contribution in [0.15, 0.2) is 0 Å². The average Bonchev–Trinajstić information content (AvgIpc) is 2.04. The molecule has 1 rings (SSSR count). The molecule has 70 valence electrons. The Hall–Kier alpha value is -0.450. The molecule has 0 aromatic heterocycles. The van der Waals surface area contributed by atoms with Gasteiger partial charge in [-0.05, 0) is 6.42 Å². The fourth-order valence-electron chi connectivity index (χ4n) is 1.35. The highest BCUT2D eigenvalue weighted by molar-refractivity contribution is 5.86. The number of ketones is 1. The standard InChI is InChI=1S/C8H14O4/c1-11-8(12-2)7(10)5-3-4-6(5)9/h5,7-8,10H,3-4H2,1-2H3/t5-,7-/m1/s1. The summed E-state index contributed by atoms with van der Waals surface area (Å²) in [5.74, 6) is -0.184. The van der Waals surface area contributed by atoms with Crippen molar-refractivity contribution >= 4 is 5.78 Å². The first kappa shape index (κ1) is 9.64. The number of methoxy groups -OCH3 is 2. The highest BCUT2D eigenvalue weighted by Crippen LogP contribution is 2.28. The van der Waals surface area contributed by atoms with Gasteiger partial charge in [-0.2, -0.15) is 0 Å². The van der Waals surface area contributed by atoms with Crippen LogP contribution in [0.25, 0.3) is 0 Å². The fraction of sp³-hybridized carbons (Fsp3) is 0.875. The van der Waals surface area contributed by atoms with Crippen molar-refractivity contribution in [3.8, 4) is 0 Å². The third-order valence-corrected chi connectivity index (χ3v) is 2.27. The van der Waals surface area contributed by atoms with E-state index in [-0.39, 0.29) is 11.7 Å². The molecular formula is C8H14O4. The Morgan fingerprint density at radius 2 is 2.08 bits per heavy atom. The molecule has 0 amide bonds. The summed E-state index contributed by atoms with van der Waals surface area (Å²) in [7, 11) is 2.89. The lowest BCUT2D eigenvalue weighted by atomic mass is 9.79. The van der Waals surface area contributed by atoms with E-state index in [1.165, 1.54) is 14.2 Å². The summed E-state index contributed by atoms with van der Waals surface area (Å²) in [6, 6.07) is 0. The van der Waals surface area contributed by atoms with Gasteiger partial charge in [0.05, 0.1) is 0 Å². The quantitative estimate of drug-likeness (QED) is 0.607. The first-order valence-corrected chi connectivity index (χ1v) is 3.97. The summed E-state index contributed by atoms with van der Waals surface area (Å²) in [6.45, 7) is 0.